The molecule has 0 bridgehead atoms. The van der Waals surface area contributed by atoms with Crippen LogP contribution in [0.4, 0.5) is 0 Å². The maximum atomic E-state index is 12.5. The number of rotatable bonds is 4. The highest BCUT2D eigenvalue weighted by atomic mass is 16.2. The van der Waals surface area contributed by atoms with Gasteiger partial charge in [0, 0.05) is 50.4 Å². The number of carbonyl (C=O) groups excluding carboxylic acids is 2. The number of likely N-dealkylation sites (tertiary alicyclic amines) is 2. The molecular weight excluding hydrogens is 302 g/mol. The molecule has 1 aromatic heterocycles. The predicted molar refractivity (Wildman–Crippen MR) is 89.9 cm³/mol. The van der Waals surface area contributed by atoms with Crippen LogP contribution in [-0.2, 0) is 16.1 Å². The fraction of sp³-hybridized carbons (Fsp3) is 0.632. The number of aromatic nitrogens is 1. The molecule has 4 rings (SSSR count). The molecule has 3 heterocycles. The van der Waals surface area contributed by atoms with Crippen molar-refractivity contribution in [3.8, 4) is 0 Å². The number of amides is 2. The van der Waals surface area contributed by atoms with Crippen molar-refractivity contribution in [3.63, 3.8) is 0 Å². The van der Waals surface area contributed by atoms with Gasteiger partial charge >= 0.3 is 0 Å². The Morgan fingerprint density at radius 2 is 1.88 bits per heavy atom. The monoisotopic (exact) mass is 327 g/mol. The normalized spacial score (nSPS) is 23.1. The van der Waals surface area contributed by atoms with Crippen molar-refractivity contribution in [3.05, 3.63) is 30.1 Å². The number of hydrogen-bond acceptors (Lipinski definition) is 3. The molecule has 24 heavy (non-hydrogen) atoms. The lowest BCUT2D eigenvalue weighted by Crippen LogP contribution is -2.53. The second kappa shape index (κ2) is 6.19. The Morgan fingerprint density at radius 3 is 2.54 bits per heavy atom. The van der Waals surface area contributed by atoms with E-state index in [9.17, 15) is 9.59 Å². The zero-order valence-electron chi connectivity index (χ0n) is 14.1. The van der Waals surface area contributed by atoms with Crippen LogP contribution in [0.15, 0.2) is 24.5 Å². The van der Waals surface area contributed by atoms with Crippen LogP contribution in [0.25, 0.3) is 0 Å². The lowest BCUT2D eigenvalue weighted by Gasteiger charge is -2.45. The quantitative estimate of drug-likeness (QED) is 0.853. The van der Waals surface area contributed by atoms with Gasteiger partial charge in [0.05, 0.1) is 0 Å². The molecule has 3 aliphatic rings. The van der Waals surface area contributed by atoms with Gasteiger partial charge in [-0.15, -0.1) is 0 Å². The lowest BCUT2D eigenvalue weighted by molar-refractivity contribution is -0.137. The molecule has 5 heteroatoms. The first-order chi connectivity index (χ1) is 11.7. The molecule has 1 aromatic rings. The number of carbonyl (C=O) groups is 2. The van der Waals surface area contributed by atoms with E-state index in [-0.39, 0.29) is 11.4 Å². The molecule has 2 aliphatic heterocycles. The number of hydrogen-bond donors (Lipinski definition) is 0. The van der Waals surface area contributed by atoms with E-state index < -0.39 is 0 Å². The van der Waals surface area contributed by atoms with Gasteiger partial charge in [0.15, 0.2) is 0 Å². The predicted octanol–water partition coefficient (Wildman–Crippen LogP) is 2.37. The molecule has 3 fully saturated rings. The molecule has 2 saturated heterocycles. The molecule has 0 N–H and O–H groups in total. The second-order valence-electron chi connectivity index (χ2n) is 7.59. The van der Waals surface area contributed by atoms with Crippen LogP contribution in [0.2, 0.25) is 0 Å². The molecule has 0 unspecified atom stereocenters. The first-order valence-electron chi connectivity index (χ1n) is 9.13. The van der Waals surface area contributed by atoms with E-state index in [0.717, 1.165) is 44.3 Å². The molecule has 0 aromatic carbocycles. The third-order valence-corrected chi connectivity index (χ3v) is 5.97. The Kier molecular flexibility index (Phi) is 4.02. The molecular formula is C19H25N3O2. The van der Waals surface area contributed by atoms with Crippen molar-refractivity contribution in [2.45, 2.75) is 57.0 Å². The molecule has 0 atom stereocenters. The van der Waals surface area contributed by atoms with Crippen LogP contribution < -0.4 is 0 Å². The van der Waals surface area contributed by atoms with Crippen LogP contribution in [0, 0.1) is 5.92 Å². The zero-order valence-corrected chi connectivity index (χ0v) is 14.1. The van der Waals surface area contributed by atoms with Crippen LogP contribution in [-0.4, -0.2) is 45.2 Å². The van der Waals surface area contributed by atoms with Crippen molar-refractivity contribution >= 4 is 11.8 Å². The van der Waals surface area contributed by atoms with Gasteiger partial charge in [-0.05, 0) is 55.7 Å². The summed E-state index contributed by atoms with van der Waals surface area (Å²) in [5, 5.41) is 0. The molecule has 5 nitrogen and oxygen atoms in total. The van der Waals surface area contributed by atoms with Crippen LogP contribution in [0.3, 0.4) is 0 Å². The highest BCUT2D eigenvalue weighted by Crippen LogP contribution is 2.41. The fourth-order valence-electron chi connectivity index (χ4n) is 4.19. The third kappa shape index (κ3) is 3.04. The maximum Gasteiger partial charge on any atom is 0.223 e. The van der Waals surface area contributed by atoms with Gasteiger partial charge in [0.1, 0.15) is 0 Å². The average Bonchev–Trinajstić information content (AvgIpc) is 3.38. The summed E-state index contributed by atoms with van der Waals surface area (Å²) < 4.78 is 0. The number of pyridine rings is 1. The van der Waals surface area contributed by atoms with E-state index in [1.165, 1.54) is 12.8 Å². The Morgan fingerprint density at radius 1 is 1.17 bits per heavy atom. The van der Waals surface area contributed by atoms with Gasteiger partial charge < -0.3 is 9.80 Å². The van der Waals surface area contributed by atoms with E-state index in [1.54, 1.807) is 12.4 Å². The minimum absolute atomic E-state index is 0.0449. The Labute approximate surface area is 143 Å². The van der Waals surface area contributed by atoms with E-state index in [0.29, 0.717) is 24.8 Å². The maximum absolute atomic E-state index is 12.5. The van der Waals surface area contributed by atoms with Crippen molar-refractivity contribution in [1.29, 1.82) is 0 Å². The minimum Gasteiger partial charge on any atom is -0.343 e. The largest absolute Gasteiger partial charge is 0.343 e. The summed E-state index contributed by atoms with van der Waals surface area (Å²) in [5.74, 6) is 1.21. The molecule has 1 aliphatic carbocycles. The first kappa shape index (κ1) is 15.6. The molecule has 0 radical (unpaired) electrons. The molecule has 1 spiro atoms. The summed E-state index contributed by atoms with van der Waals surface area (Å²) >= 11 is 0. The van der Waals surface area contributed by atoms with Crippen molar-refractivity contribution in [1.82, 2.24) is 14.8 Å². The average molecular weight is 327 g/mol. The smallest absolute Gasteiger partial charge is 0.223 e. The highest BCUT2D eigenvalue weighted by Gasteiger charge is 2.47. The van der Waals surface area contributed by atoms with Crippen molar-refractivity contribution in [2.24, 2.45) is 5.92 Å². The van der Waals surface area contributed by atoms with Crippen molar-refractivity contribution in [2.75, 3.05) is 13.1 Å². The van der Waals surface area contributed by atoms with Crippen LogP contribution >= 0.6 is 0 Å². The van der Waals surface area contributed by atoms with E-state index in [1.807, 2.05) is 17.0 Å². The lowest BCUT2D eigenvalue weighted by atomic mass is 9.84. The summed E-state index contributed by atoms with van der Waals surface area (Å²) in [4.78, 5) is 32.9. The van der Waals surface area contributed by atoms with E-state index in [2.05, 4.69) is 9.88 Å². The second-order valence-corrected chi connectivity index (χ2v) is 7.59. The van der Waals surface area contributed by atoms with Gasteiger partial charge in [-0.1, -0.05) is 0 Å². The number of piperidine rings is 1. The fourth-order valence-corrected chi connectivity index (χ4v) is 4.19. The summed E-state index contributed by atoms with van der Waals surface area (Å²) in [6, 6.07) is 3.96. The third-order valence-electron chi connectivity index (χ3n) is 5.97. The molecule has 128 valence electrons. The standard InChI is InChI=1S/C19H25N3O2/c23-17-3-6-19(22(17)14-16-4-9-20-10-5-16)7-11-21(12-8-19)18(24)13-15-1-2-15/h4-5,9-10,15H,1-3,6-8,11-14H2. The van der Waals surface area contributed by atoms with Gasteiger partial charge in [-0.3, -0.25) is 14.6 Å². The summed E-state index contributed by atoms with van der Waals surface area (Å²) in [6.07, 6.45) is 10.1. The van der Waals surface area contributed by atoms with Crippen LogP contribution in [0.5, 0.6) is 0 Å². The summed E-state index contributed by atoms with van der Waals surface area (Å²) in [6.45, 7) is 2.26. The van der Waals surface area contributed by atoms with E-state index >= 15 is 0 Å². The topological polar surface area (TPSA) is 53.5 Å². The van der Waals surface area contributed by atoms with E-state index in [4.69, 9.17) is 0 Å². The Balaban J connectivity index is 1.42. The summed E-state index contributed by atoms with van der Waals surface area (Å²) in [7, 11) is 0. The zero-order chi connectivity index (χ0) is 16.6. The van der Waals surface area contributed by atoms with Gasteiger partial charge in [-0.2, -0.15) is 0 Å². The minimum atomic E-state index is -0.0449. The SMILES string of the molecule is O=C(CC1CC1)N1CCC2(CCC(=O)N2Cc2ccncc2)CC1. The molecule has 1 saturated carbocycles. The van der Waals surface area contributed by atoms with Gasteiger partial charge in [-0.25, -0.2) is 0 Å². The Bertz CT molecular complexity index is 619. The van der Waals surface area contributed by atoms with Gasteiger partial charge in [0.25, 0.3) is 0 Å². The Hall–Kier alpha value is -1.91. The number of nitrogens with zero attached hydrogens (tertiary/aromatic N) is 3. The first-order valence-corrected chi connectivity index (χ1v) is 9.13. The van der Waals surface area contributed by atoms with Gasteiger partial charge in [0.2, 0.25) is 11.8 Å². The summed E-state index contributed by atoms with van der Waals surface area (Å²) in [5.41, 5.74) is 1.09. The molecule has 2 amide bonds. The van der Waals surface area contributed by atoms with Crippen LogP contribution in [0.1, 0.15) is 50.5 Å². The highest BCUT2D eigenvalue weighted by molar-refractivity contribution is 5.80. The van der Waals surface area contributed by atoms with Crippen molar-refractivity contribution < 1.29 is 9.59 Å².